The maximum absolute atomic E-state index is 3.88. The first-order chi connectivity index (χ1) is 16.4. The molecule has 5 heteroatoms. The number of hydrogen-bond donors (Lipinski definition) is 0. The van der Waals surface area contributed by atoms with Crippen LogP contribution in [-0.2, 0) is 12.8 Å². The van der Waals surface area contributed by atoms with Crippen molar-refractivity contribution < 1.29 is 0 Å². The van der Waals surface area contributed by atoms with Crippen molar-refractivity contribution in [1.82, 2.24) is 0 Å². The van der Waals surface area contributed by atoms with E-state index in [9.17, 15) is 0 Å². The topological polar surface area (TPSA) is 0 Å². The molecule has 2 heterocycles. The van der Waals surface area contributed by atoms with E-state index in [1.54, 1.807) is 5.56 Å². The molecule has 0 aromatic carbocycles. The molecule has 0 nitrogen and oxygen atoms in total. The molecule has 0 aliphatic rings. The Morgan fingerprint density at radius 3 is 1.94 bits per heavy atom. The molecule has 0 unspecified atom stereocenters. The van der Waals surface area contributed by atoms with Crippen molar-refractivity contribution in [3.05, 3.63) is 32.4 Å². The summed E-state index contributed by atoms with van der Waals surface area (Å²) in [7, 11) is -0.924. The highest BCUT2D eigenvalue weighted by Gasteiger charge is 2.14. The molecule has 0 spiro atoms. The summed E-state index contributed by atoms with van der Waals surface area (Å²) in [5, 5.41) is 2.30. The van der Waals surface area contributed by atoms with E-state index in [1.807, 2.05) is 22.7 Å². The van der Waals surface area contributed by atoms with Crippen LogP contribution in [0.4, 0.5) is 0 Å². The molecule has 0 N–H and O–H groups in total. The maximum Gasteiger partial charge on any atom is 0.108 e. The Labute approximate surface area is 232 Å². The second-order valence-electron chi connectivity index (χ2n) is 10.7. The maximum atomic E-state index is 3.88. The average Bonchev–Trinajstić information content (AvgIpc) is 3.40. The zero-order chi connectivity index (χ0) is 24.7. The average molecular weight is 602 g/mol. The first-order valence-electron chi connectivity index (χ1n) is 13.9. The number of thiophene rings is 2. The Morgan fingerprint density at radius 2 is 1.32 bits per heavy atom. The molecule has 0 radical (unpaired) electrons. The standard InChI is InChI=1S/C29H49BrS3Si/c1-5-6-7-8-9-10-11-12-13-17-20-26-24-27(33-29(26)30)28-25(21-23-31-28)19-16-14-15-18-22-32-34(2,3)4/h21,23-24H,5-20,22H2,1-4H3. The highest BCUT2D eigenvalue weighted by molar-refractivity contribution is 9.11. The van der Waals surface area contributed by atoms with Crippen LogP contribution in [0.5, 0.6) is 0 Å². The van der Waals surface area contributed by atoms with E-state index in [2.05, 4.69) is 71.2 Å². The van der Waals surface area contributed by atoms with Crippen LogP contribution in [-0.4, -0.2) is 13.0 Å². The second kappa shape index (κ2) is 17.8. The number of halogens is 1. The highest BCUT2D eigenvalue weighted by Crippen LogP contribution is 2.40. The minimum Gasteiger partial charge on any atom is -0.186 e. The van der Waals surface area contributed by atoms with Crippen LogP contribution in [0.25, 0.3) is 9.75 Å². The summed E-state index contributed by atoms with van der Waals surface area (Å²) >= 11 is 10.0. The normalized spacial score (nSPS) is 12.0. The summed E-state index contributed by atoms with van der Waals surface area (Å²) in [5.41, 5.74) is 3.10. The number of rotatable bonds is 20. The van der Waals surface area contributed by atoms with Gasteiger partial charge in [-0.3, -0.25) is 0 Å². The Morgan fingerprint density at radius 1 is 0.765 bits per heavy atom. The van der Waals surface area contributed by atoms with Gasteiger partial charge in [-0.25, -0.2) is 0 Å². The van der Waals surface area contributed by atoms with Crippen molar-refractivity contribution in [2.75, 3.05) is 5.75 Å². The third-order valence-electron chi connectivity index (χ3n) is 6.40. The first-order valence-corrected chi connectivity index (χ1v) is 21.6. The monoisotopic (exact) mass is 600 g/mol. The van der Waals surface area contributed by atoms with Gasteiger partial charge in [-0.15, -0.1) is 22.7 Å². The van der Waals surface area contributed by atoms with Crippen molar-refractivity contribution in [2.45, 2.75) is 129 Å². The summed E-state index contributed by atoms with van der Waals surface area (Å²) in [6.45, 7) is 9.68. The fourth-order valence-electron chi connectivity index (χ4n) is 4.39. The van der Waals surface area contributed by atoms with Crippen molar-refractivity contribution >= 4 is 57.0 Å². The van der Waals surface area contributed by atoms with E-state index in [0.717, 1.165) is 0 Å². The molecule has 0 atom stereocenters. The van der Waals surface area contributed by atoms with E-state index < -0.39 is 7.22 Å². The summed E-state index contributed by atoms with van der Waals surface area (Å²) in [6.07, 6.45) is 22.1. The van der Waals surface area contributed by atoms with Crippen molar-refractivity contribution in [3.63, 3.8) is 0 Å². The van der Waals surface area contributed by atoms with E-state index in [1.165, 1.54) is 128 Å². The van der Waals surface area contributed by atoms with Gasteiger partial charge in [-0.05, 0) is 82.4 Å². The lowest BCUT2D eigenvalue weighted by molar-refractivity contribution is 0.556. The molecule has 194 valence electrons. The molecule has 0 aliphatic carbocycles. The molecule has 2 aromatic heterocycles. The van der Waals surface area contributed by atoms with Gasteiger partial charge in [0.1, 0.15) is 7.22 Å². The van der Waals surface area contributed by atoms with Gasteiger partial charge in [-0.1, -0.05) is 97.2 Å². The van der Waals surface area contributed by atoms with Crippen LogP contribution in [0.3, 0.4) is 0 Å². The van der Waals surface area contributed by atoms with Crippen molar-refractivity contribution in [2.24, 2.45) is 0 Å². The fourth-order valence-corrected chi connectivity index (χ4v) is 10.5. The molecule has 0 aliphatic heterocycles. The number of hydrogen-bond acceptors (Lipinski definition) is 3. The van der Waals surface area contributed by atoms with Crippen molar-refractivity contribution in [3.8, 4) is 9.75 Å². The molecule has 2 aromatic rings. The summed E-state index contributed by atoms with van der Waals surface area (Å²) in [4.78, 5) is 3.00. The van der Waals surface area contributed by atoms with Crippen LogP contribution in [0.2, 0.25) is 19.6 Å². The summed E-state index contributed by atoms with van der Waals surface area (Å²) in [5.74, 6) is 1.37. The molecule has 0 amide bonds. The molecule has 0 saturated heterocycles. The summed E-state index contributed by atoms with van der Waals surface area (Å²) < 4.78 is 1.36. The van der Waals surface area contributed by atoms with E-state index in [0.29, 0.717) is 0 Å². The largest absolute Gasteiger partial charge is 0.186 e. The van der Waals surface area contributed by atoms with Gasteiger partial charge < -0.3 is 0 Å². The zero-order valence-corrected chi connectivity index (χ0v) is 27.4. The lowest BCUT2D eigenvalue weighted by atomic mass is 10.0. The molecule has 34 heavy (non-hydrogen) atoms. The Bertz CT molecular complexity index is 775. The molecule has 0 bridgehead atoms. The van der Waals surface area contributed by atoms with E-state index in [-0.39, 0.29) is 0 Å². The van der Waals surface area contributed by atoms with Crippen LogP contribution in [0.15, 0.2) is 21.3 Å². The quantitative estimate of drug-likeness (QED) is 0.107. The van der Waals surface area contributed by atoms with Gasteiger partial charge in [0, 0.05) is 9.75 Å². The fraction of sp³-hybridized carbons (Fsp3) is 0.724. The molecular weight excluding hydrogens is 553 g/mol. The van der Waals surface area contributed by atoms with Gasteiger partial charge in [0.25, 0.3) is 0 Å². The highest BCUT2D eigenvalue weighted by atomic mass is 79.9. The van der Waals surface area contributed by atoms with Crippen LogP contribution in [0, 0.1) is 0 Å². The van der Waals surface area contributed by atoms with Gasteiger partial charge in [0.05, 0.1) is 3.79 Å². The van der Waals surface area contributed by atoms with Crippen LogP contribution in [0.1, 0.15) is 108 Å². The lowest BCUT2D eigenvalue weighted by Crippen LogP contribution is -2.14. The number of unbranched alkanes of at least 4 members (excludes halogenated alkanes) is 12. The Hall–Kier alpha value is 0.447. The van der Waals surface area contributed by atoms with Gasteiger partial charge in [-0.2, -0.15) is 11.2 Å². The molecule has 0 saturated carbocycles. The zero-order valence-electron chi connectivity index (χ0n) is 22.4. The molecular formula is C29H49BrS3Si. The molecule has 2 rings (SSSR count). The SMILES string of the molecule is CCCCCCCCCCCCc1cc(-c2sccc2CCCCCCS[Si](C)(C)C)sc1Br. The lowest BCUT2D eigenvalue weighted by Gasteiger charge is -2.14. The Kier molecular flexibility index (Phi) is 16.1. The third kappa shape index (κ3) is 13.1. The van der Waals surface area contributed by atoms with Crippen LogP contribution >= 0.6 is 49.8 Å². The summed E-state index contributed by atoms with van der Waals surface area (Å²) in [6, 6.07) is 4.85. The minimum absolute atomic E-state index is 0.924. The number of aryl methyl sites for hydroxylation is 2. The predicted octanol–water partition coefficient (Wildman–Crippen LogP) is 12.4. The van der Waals surface area contributed by atoms with Crippen molar-refractivity contribution in [1.29, 1.82) is 0 Å². The predicted molar refractivity (Wildman–Crippen MR) is 169 cm³/mol. The van der Waals surface area contributed by atoms with E-state index >= 15 is 0 Å². The third-order valence-corrected chi connectivity index (χ3v) is 14.1. The van der Waals surface area contributed by atoms with E-state index in [4.69, 9.17) is 0 Å². The smallest absolute Gasteiger partial charge is 0.108 e. The second-order valence-corrected chi connectivity index (χ2v) is 23.5. The van der Waals surface area contributed by atoms with Crippen LogP contribution < -0.4 is 0 Å². The van der Waals surface area contributed by atoms with Gasteiger partial charge >= 0.3 is 0 Å². The molecule has 0 fully saturated rings. The minimum atomic E-state index is -0.924. The Balaban J connectivity index is 1.65. The first kappa shape index (κ1) is 30.7. The van der Waals surface area contributed by atoms with Gasteiger partial charge in [0.15, 0.2) is 0 Å². The van der Waals surface area contributed by atoms with Gasteiger partial charge in [0.2, 0.25) is 0 Å².